The summed E-state index contributed by atoms with van der Waals surface area (Å²) in [5.74, 6) is 2.01. The lowest BCUT2D eigenvalue weighted by molar-refractivity contribution is -0.913. The van der Waals surface area contributed by atoms with Crippen LogP contribution in [0.2, 0.25) is 0 Å². The highest BCUT2D eigenvalue weighted by molar-refractivity contribution is 5.80. The van der Waals surface area contributed by atoms with E-state index in [1.807, 2.05) is 0 Å². The Morgan fingerprint density at radius 2 is 2.04 bits per heavy atom. The molecule has 24 heavy (non-hydrogen) atoms. The Balaban J connectivity index is 1.38. The van der Waals surface area contributed by atoms with Gasteiger partial charge < -0.3 is 14.0 Å². The molecule has 1 aliphatic heterocycles. The largest absolute Gasteiger partial charge is 0.454 e. The summed E-state index contributed by atoms with van der Waals surface area (Å²) in [5.41, 5.74) is -0.247. The molecule has 4 aliphatic carbocycles. The molecular formula is C20H32NO3+. The lowest BCUT2D eigenvalue weighted by Gasteiger charge is -2.86. The van der Waals surface area contributed by atoms with Gasteiger partial charge in [0.1, 0.15) is 11.2 Å². The van der Waals surface area contributed by atoms with Gasteiger partial charge in [-0.15, -0.1) is 0 Å². The van der Waals surface area contributed by atoms with E-state index in [-0.39, 0.29) is 22.6 Å². The van der Waals surface area contributed by atoms with Crippen LogP contribution >= 0.6 is 0 Å². The van der Waals surface area contributed by atoms with Crippen LogP contribution in [0.3, 0.4) is 0 Å². The van der Waals surface area contributed by atoms with Crippen molar-refractivity contribution < 1.29 is 18.8 Å². The quantitative estimate of drug-likeness (QED) is 0.426. The molecule has 0 radical (unpaired) electrons. The number of nitrogens with zero attached hydrogens (tertiary/aromatic N) is 1. The smallest absolute Gasteiger partial charge is 0.368 e. The number of quaternary nitrogens is 1. The molecule has 4 heteroatoms. The number of carbonyl (C=O) groups excluding carboxylic acids is 1. The molecule has 0 bridgehead atoms. The highest BCUT2D eigenvalue weighted by Crippen LogP contribution is 2.98. The Labute approximate surface area is 145 Å². The van der Waals surface area contributed by atoms with Crippen molar-refractivity contribution in [3.63, 3.8) is 0 Å². The van der Waals surface area contributed by atoms with Gasteiger partial charge in [0, 0.05) is 19.3 Å². The molecule has 2 spiro atoms. The van der Waals surface area contributed by atoms with Crippen LogP contribution in [0.5, 0.6) is 0 Å². The molecule has 4 nitrogen and oxygen atoms in total. The normalized spacial score (nSPS) is 52.7. The van der Waals surface area contributed by atoms with Crippen LogP contribution in [0.4, 0.5) is 0 Å². The third-order valence-electron chi connectivity index (χ3n) is 9.11. The standard InChI is InChI=1S/C20H32NO3/c1-7-12(2)8-17(3,21(4,5)6)16(22)24-18-9-13-10-19-15(23-19)14(11-18)20(13,18)19/h12-15H,7-11H2,1-6H3/q+1. The number of hydrogen-bond donors (Lipinski definition) is 0. The van der Waals surface area contributed by atoms with Gasteiger partial charge in [0.05, 0.1) is 32.7 Å². The minimum absolute atomic E-state index is 0.0210. The molecular weight excluding hydrogens is 302 g/mol. The molecule has 0 aromatic rings. The van der Waals surface area contributed by atoms with Crippen molar-refractivity contribution in [1.82, 2.24) is 0 Å². The Bertz CT molecular complexity index is 641. The Hall–Kier alpha value is -0.610. The van der Waals surface area contributed by atoms with Crippen LogP contribution < -0.4 is 0 Å². The molecule has 8 unspecified atom stereocenters. The maximum atomic E-state index is 13.4. The van der Waals surface area contributed by atoms with Crippen molar-refractivity contribution in [3.8, 4) is 0 Å². The van der Waals surface area contributed by atoms with Crippen LogP contribution in [0.1, 0.15) is 52.9 Å². The summed E-state index contributed by atoms with van der Waals surface area (Å²) in [5, 5.41) is 0. The van der Waals surface area contributed by atoms with Crippen LogP contribution in [-0.4, -0.2) is 54.4 Å². The molecule has 1 heterocycles. The zero-order valence-electron chi connectivity index (χ0n) is 16.0. The zero-order valence-corrected chi connectivity index (χ0v) is 16.0. The second kappa shape index (κ2) is 3.88. The van der Waals surface area contributed by atoms with E-state index >= 15 is 0 Å². The Morgan fingerprint density at radius 3 is 2.58 bits per heavy atom. The van der Waals surface area contributed by atoms with Crippen molar-refractivity contribution in [1.29, 1.82) is 0 Å². The van der Waals surface area contributed by atoms with Gasteiger partial charge in [-0.1, -0.05) is 20.3 Å². The third kappa shape index (κ3) is 1.25. The fourth-order valence-corrected chi connectivity index (χ4v) is 7.18. The Morgan fingerprint density at radius 1 is 1.33 bits per heavy atom. The maximum Gasteiger partial charge on any atom is 0.368 e. The molecule has 8 atom stereocenters. The van der Waals surface area contributed by atoms with Gasteiger partial charge in [-0.3, -0.25) is 0 Å². The van der Waals surface area contributed by atoms with Gasteiger partial charge in [-0.2, -0.15) is 0 Å². The van der Waals surface area contributed by atoms with Crippen molar-refractivity contribution in [2.24, 2.45) is 23.2 Å². The first-order chi connectivity index (χ1) is 11.1. The zero-order chi connectivity index (χ0) is 17.3. The van der Waals surface area contributed by atoms with Crippen molar-refractivity contribution in [3.05, 3.63) is 0 Å². The van der Waals surface area contributed by atoms with Crippen LogP contribution in [-0.2, 0) is 14.3 Å². The SMILES string of the molecule is CCC(C)CC(C)(C(=O)OC12CC3CC45OC4C(C1)C325)[N+](C)(C)C. The first-order valence-electron chi connectivity index (χ1n) is 9.81. The van der Waals surface area contributed by atoms with Gasteiger partial charge in [0.2, 0.25) is 0 Å². The van der Waals surface area contributed by atoms with E-state index in [1.54, 1.807) is 0 Å². The van der Waals surface area contributed by atoms with Crippen LogP contribution in [0, 0.1) is 23.2 Å². The number of fused-ring (bicyclic) bond motifs is 1. The van der Waals surface area contributed by atoms with Crippen molar-refractivity contribution >= 4 is 5.97 Å². The molecule has 5 fully saturated rings. The lowest BCUT2D eigenvalue weighted by atomic mass is 9.16. The van der Waals surface area contributed by atoms with E-state index in [4.69, 9.17) is 9.47 Å². The number of hydrogen-bond acceptors (Lipinski definition) is 3. The molecule has 0 N–H and O–H groups in total. The van der Waals surface area contributed by atoms with E-state index < -0.39 is 5.54 Å². The summed E-state index contributed by atoms with van der Waals surface area (Å²) in [6, 6.07) is 0. The summed E-state index contributed by atoms with van der Waals surface area (Å²) in [6.45, 7) is 6.55. The number of carbonyl (C=O) groups is 1. The highest BCUT2D eigenvalue weighted by Gasteiger charge is 3.06. The molecule has 5 rings (SSSR count). The molecule has 0 aromatic carbocycles. The van der Waals surface area contributed by atoms with Crippen LogP contribution in [0.25, 0.3) is 0 Å². The van der Waals surface area contributed by atoms with E-state index in [0.717, 1.165) is 31.6 Å². The summed E-state index contributed by atoms with van der Waals surface area (Å²) in [6.07, 6.45) is 5.87. The predicted molar refractivity (Wildman–Crippen MR) is 90.2 cm³/mol. The number of ether oxygens (including phenoxy) is 2. The number of likely N-dealkylation sites (N-methyl/N-ethyl adjacent to an activating group) is 1. The molecule has 134 valence electrons. The molecule has 0 aromatic heterocycles. The lowest BCUT2D eigenvalue weighted by Crippen LogP contribution is -2.94. The molecule has 0 amide bonds. The van der Waals surface area contributed by atoms with Crippen molar-refractivity contribution in [2.45, 2.75) is 75.7 Å². The molecule has 5 aliphatic rings. The second-order valence-corrected chi connectivity index (χ2v) is 10.6. The van der Waals surface area contributed by atoms with Gasteiger partial charge in [-0.05, 0) is 31.1 Å². The van der Waals surface area contributed by atoms with Gasteiger partial charge in [0.25, 0.3) is 0 Å². The average molecular weight is 334 g/mol. The average Bonchev–Trinajstić information content (AvgIpc) is 3.10. The predicted octanol–water partition coefficient (Wildman–Crippen LogP) is 2.75. The number of esters is 1. The molecule has 4 saturated carbocycles. The maximum absolute atomic E-state index is 13.4. The van der Waals surface area contributed by atoms with Crippen LogP contribution in [0.15, 0.2) is 0 Å². The van der Waals surface area contributed by atoms with E-state index in [0.29, 0.717) is 22.4 Å². The van der Waals surface area contributed by atoms with Crippen molar-refractivity contribution in [2.75, 3.05) is 21.1 Å². The summed E-state index contributed by atoms with van der Waals surface area (Å²) in [4.78, 5) is 13.4. The topological polar surface area (TPSA) is 38.8 Å². The highest BCUT2D eigenvalue weighted by atomic mass is 16.6. The third-order valence-corrected chi connectivity index (χ3v) is 9.11. The monoisotopic (exact) mass is 334 g/mol. The van der Waals surface area contributed by atoms with E-state index in [9.17, 15) is 4.79 Å². The fraction of sp³-hybridized carbons (Fsp3) is 0.950. The first kappa shape index (κ1) is 15.6. The van der Waals surface area contributed by atoms with Gasteiger partial charge >= 0.3 is 5.97 Å². The molecule has 1 saturated heterocycles. The fourth-order valence-electron chi connectivity index (χ4n) is 7.18. The first-order valence-corrected chi connectivity index (χ1v) is 9.81. The van der Waals surface area contributed by atoms with E-state index in [1.165, 1.54) is 6.42 Å². The number of rotatable bonds is 6. The number of epoxide rings is 1. The summed E-state index contributed by atoms with van der Waals surface area (Å²) < 4.78 is 13.1. The Kier molecular flexibility index (Phi) is 2.53. The summed E-state index contributed by atoms with van der Waals surface area (Å²) in [7, 11) is 6.38. The van der Waals surface area contributed by atoms with Gasteiger partial charge in [0.15, 0.2) is 5.54 Å². The van der Waals surface area contributed by atoms with E-state index in [2.05, 4.69) is 41.9 Å². The van der Waals surface area contributed by atoms with Gasteiger partial charge in [-0.25, -0.2) is 4.79 Å². The minimum atomic E-state index is -0.485. The second-order valence-electron chi connectivity index (χ2n) is 10.6. The minimum Gasteiger partial charge on any atom is -0.454 e. The summed E-state index contributed by atoms with van der Waals surface area (Å²) >= 11 is 0.